The zero-order valence-corrected chi connectivity index (χ0v) is 17.5. The average molecular weight is 424 g/mol. The summed E-state index contributed by atoms with van der Waals surface area (Å²) in [4.78, 5) is 38.0. The number of aromatic nitrogens is 1. The molecule has 0 saturated heterocycles. The summed E-state index contributed by atoms with van der Waals surface area (Å²) in [5.41, 5.74) is -0.689. The Morgan fingerprint density at radius 3 is 2.52 bits per heavy atom. The molecule has 8 nitrogen and oxygen atoms in total. The first-order valence-corrected chi connectivity index (χ1v) is 9.12. The number of nitriles is 1. The summed E-state index contributed by atoms with van der Waals surface area (Å²) in [6.45, 7) is 3.91. The number of aliphatic hydroxyl groups is 1. The van der Waals surface area contributed by atoms with Crippen LogP contribution in [0.2, 0.25) is 0 Å². The summed E-state index contributed by atoms with van der Waals surface area (Å²) in [7, 11) is 1.55. The largest absolute Gasteiger partial charge is 0.393 e. The molecule has 0 aliphatic heterocycles. The van der Waals surface area contributed by atoms with Crippen molar-refractivity contribution in [3.05, 3.63) is 52.1 Å². The van der Waals surface area contributed by atoms with Crippen molar-refractivity contribution in [3.8, 4) is 18.4 Å². The standard InChI is InChI=1S/C22H21FN4O4/c1-6-22(4,11-28)26-21(31)19(29)17-12(2)18(27(5)13(17)3)20(30)25-15-7-8-16(23)14(9-15)10-24/h1,7-9,28H,11H2,2-5H3,(H,25,30)(H,26,31)/t22-/m1/s1. The first kappa shape index (κ1) is 23.3. The van der Waals surface area contributed by atoms with E-state index in [1.54, 1.807) is 20.0 Å². The fourth-order valence-corrected chi connectivity index (χ4v) is 3.06. The summed E-state index contributed by atoms with van der Waals surface area (Å²) < 4.78 is 15.0. The van der Waals surface area contributed by atoms with E-state index in [4.69, 9.17) is 11.7 Å². The molecular formula is C22H21FN4O4. The van der Waals surface area contributed by atoms with E-state index in [1.807, 2.05) is 0 Å². The molecule has 0 unspecified atom stereocenters. The number of carbonyl (C=O) groups is 3. The van der Waals surface area contributed by atoms with Gasteiger partial charge in [-0.05, 0) is 44.5 Å². The van der Waals surface area contributed by atoms with Gasteiger partial charge in [-0.3, -0.25) is 14.4 Å². The monoisotopic (exact) mass is 424 g/mol. The van der Waals surface area contributed by atoms with Crippen molar-refractivity contribution < 1.29 is 23.9 Å². The van der Waals surface area contributed by atoms with Crippen LogP contribution in [0.25, 0.3) is 0 Å². The van der Waals surface area contributed by atoms with Gasteiger partial charge < -0.3 is 20.3 Å². The van der Waals surface area contributed by atoms with Gasteiger partial charge in [-0.15, -0.1) is 6.42 Å². The molecule has 160 valence electrons. The molecule has 0 radical (unpaired) electrons. The Hall–Kier alpha value is -3.95. The van der Waals surface area contributed by atoms with Crippen molar-refractivity contribution >= 4 is 23.3 Å². The van der Waals surface area contributed by atoms with E-state index in [-0.39, 0.29) is 28.1 Å². The summed E-state index contributed by atoms with van der Waals surface area (Å²) in [5, 5.41) is 23.2. The molecule has 2 rings (SSSR count). The molecule has 1 aromatic heterocycles. The molecule has 3 N–H and O–H groups in total. The van der Waals surface area contributed by atoms with Gasteiger partial charge in [-0.1, -0.05) is 5.92 Å². The van der Waals surface area contributed by atoms with E-state index >= 15 is 0 Å². The molecule has 1 aromatic carbocycles. The van der Waals surface area contributed by atoms with Crippen molar-refractivity contribution in [1.29, 1.82) is 5.26 Å². The van der Waals surface area contributed by atoms with Crippen molar-refractivity contribution in [2.75, 3.05) is 11.9 Å². The number of hydrogen-bond acceptors (Lipinski definition) is 5. The Morgan fingerprint density at radius 2 is 1.97 bits per heavy atom. The van der Waals surface area contributed by atoms with Crippen molar-refractivity contribution in [1.82, 2.24) is 9.88 Å². The summed E-state index contributed by atoms with van der Waals surface area (Å²) >= 11 is 0. The number of benzene rings is 1. The molecule has 0 bridgehead atoms. The minimum atomic E-state index is -1.41. The highest BCUT2D eigenvalue weighted by Gasteiger charge is 2.32. The van der Waals surface area contributed by atoms with Gasteiger partial charge in [-0.2, -0.15) is 5.26 Å². The maximum absolute atomic E-state index is 13.5. The predicted octanol–water partition coefficient (Wildman–Crippen LogP) is 1.59. The number of Topliss-reactive ketones (excluding diaryl/α,β-unsaturated/α-hetero) is 1. The zero-order chi connectivity index (χ0) is 23.5. The summed E-state index contributed by atoms with van der Waals surface area (Å²) in [6.07, 6.45) is 5.30. The molecule has 9 heteroatoms. The van der Waals surface area contributed by atoms with Crippen LogP contribution < -0.4 is 10.6 Å². The lowest BCUT2D eigenvalue weighted by Crippen LogP contribution is -2.50. The lowest BCUT2D eigenvalue weighted by atomic mass is 10.0. The fourth-order valence-electron chi connectivity index (χ4n) is 3.06. The SMILES string of the molecule is C#C[C@](C)(CO)NC(=O)C(=O)c1c(C)c(C(=O)Nc2ccc(F)c(C#N)c2)n(C)c1C. The highest BCUT2D eigenvalue weighted by molar-refractivity contribution is 6.43. The van der Waals surface area contributed by atoms with Gasteiger partial charge in [-0.25, -0.2) is 4.39 Å². The maximum atomic E-state index is 13.5. The number of rotatable bonds is 6. The third-order valence-corrected chi connectivity index (χ3v) is 4.95. The van der Waals surface area contributed by atoms with E-state index in [2.05, 4.69) is 16.6 Å². The predicted molar refractivity (Wildman–Crippen MR) is 111 cm³/mol. The number of aliphatic hydroxyl groups excluding tert-OH is 1. The van der Waals surface area contributed by atoms with Crippen molar-refractivity contribution in [2.45, 2.75) is 26.3 Å². The lowest BCUT2D eigenvalue weighted by Gasteiger charge is -2.21. The molecular weight excluding hydrogens is 403 g/mol. The Labute approximate surface area is 178 Å². The topological polar surface area (TPSA) is 124 Å². The van der Waals surface area contributed by atoms with Crippen molar-refractivity contribution in [2.24, 2.45) is 7.05 Å². The number of nitrogens with zero attached hydrogens (tertiary/aromatic N) is 2. The second-order valence-corrected chi connectivity index (χ2v) is 7.17. The van der Waals surface area contributed by atoms with E-state index in [9.17, 15) is 23.9 Å². The van der Waals surface area contributed by atoms with Crippen LogP contribution >= 0.6 is 0 Å². The molecule has 0 aliphatic rings. The Kier molecular flexibility index (Phi) is 6.64. The van der Waals surface area contributed by atoms with Gasteiger partial charge in [0.25, 0.3) is 17.6 Å². The number of terminal acetylenes is 1. The second kappa shape index (κ2) is 8.82. The van der Waals surface area contributed by atoms with Gasteiger partial charge in [0.05, 0.1) is 17.7 Å². The number of ketones is 1. The molecule has 0 spiro atoms. The van der Waals surface area contributed by atoms with Crippen LogP contribution in [0.3, 0.4) is 0 Å². The molecule has 31 heavy (non-hydrogen) atoms. The average Bonchev–Trinajstić information content (AvgIpc) is 2.96. The molecule has 1 heterocycles. The lowest BCUT2D eigenvalue weighted by molar-refractivity contribution is -0.118. The summed E-state index contributed by atoms with van der Waals surface area (Å²) in [6, 6.07) is 5.23. The summed E-state index contributed by atoms with van der Waals surface area (Å²) in [5.74, 6) is -1.04. The van der Waals surface area contributed by atoms with Crippen LogP contribution in [0.15, 0.2) is 18.2 Å². The van der Waals surface area contributed by atoms with Crippen LogP contribution in [0, 0.1) is 43.3 Å². The molecule has 2 amide bonds. The number of amides is 2. The van der Waals surface area contributed by atoms with Gasteiger partial charge in [0.1, 0.15) is 23.1 Å². The van der Waals surface area contributed by atoms with E-state index < -0.39 is 35.6 Å². The molecule has 0 fully saturated rings. The van der Waals surface area contributed by atoms with Crippen LogP contribution in [-0.4, -0.2) is 39.4 Å². The Morgan fingerprint density at radius 1 is 1.32 bits per heavy atom. The van der Waals surface area contributed by atoms with Crippen molar-refractivity contribution in [3.63, 3.8) is 0 Å². The smallest absolute Gasteiger partial charge is 0.293 e. The van der Waals surface area contributed by atoms with Crippen LogP contribution in [0.5, 0.6) is 0 Å². The minimum Gasteiger partial charge on any atom is -0.393 e. The third kappa shape index (κ3) is 4.47. The van der Waals surface area contributed by atoms with Gasteiger partial charge in [0, 0.05) is 18.4 Å². The maximum Gasteiger partial charge on any atom is 0.293 e. The zero-order valence-electron chi connectivity index (χ0n) is 17.5. The molecule has 2 aromatic rings. The number of nitrogens with one attached hydrogen (secondary N) is 2. The second-order valence-electron chi connectivity index (χ2n) is 7.17. The van der Waals surface area contributed by atoms with Gasteiger partial charge >= 0.3 is 0 Å². The Balaban J connectivity index is 2.39. The fraction of sp³-hybridized carbons (Fsp3) is 0.273. The van der Waals surface area contributed by atoms with Crippen LogP contribution in [0.4, 0.5) is 10.1 Å². The first-order valence-electron chi connectivity index (χ1n) is 9.12. The highest BCUT2D eigenvalue weighted by Crippen LogP contribution is 2.24. The number of hydrogen-bond donors (Lipinski definition) is 3. The number of anilines is 1. The van der Waals surface area contributed by atoms with Crippen LogP contribution in [-0.2, 0) is 11.8 Å². The van der Waals surface area contributed by atoms with Crippen LogP contribution in [0.1, 0.15) is 44.6 Å². The normalized spacial score (nSPS) is 12.3. The van der Waals surface area contributed by atoms with Gasteiger partial charge in [0.2, 0.25) is 0 Å². The molecule has 1 atom stereocenters. The number of carbonyl (C=O) groups excluding carboxylic acids is 3. The minimum absolute atomic E-state index is 0.0271. The van der Waals surface area contributed by atoms with Gasteiger partial charge in [0.15, 0.2) is 0 Å². The Bertz CT molecular complexity index is 1170. The molecule has 0 saturated carbocycles. The first-order chi connectivity index (χ1) is 14.5. The quantitative estimate of drug-likeness (QED) is 0.369. The van der Waals surface area contributed by atoms with E-state index in [0.29, 0.717) is 5.69 Å². The molecule has 0 aliphatic carbocycles. The van der Waals surface area contributed by atoms with E-state index in [1.165, 1.54) is 30.5 Å². The highest BCUT2D eigenvalue weighted by atomic mass is 19.1. The third-order valence-electron chi connectivity index (χ3n) is 4.95. The van der Waals surface area contributed by atoms with E-state index in [0.717, 1.165) is 6.07 Å². The number of halogens is 1.